The molecule has 1 fully saturated rings. The zero-order valence-electron chi connectivity index (χ0n) is 10.5. The molecule has 0 aromatic rings. The van der Waals surface area contributed by atoms with Gasteiger partial charge < -0.3 is 15.2 Å². The number of hydrogen-bond donors (Lipinski definition) is 2. The Morgan fingerprint density at radius 3 is 2.80 bits per heavy atom. The van der Waals surface area contributed by atoms with E-state index in [4.69, 9.17) is 4.74 Å². The van der Waals surface area contributed by atoms with Crippen LogP contribution in [0.2, 0.25) is 0 Å². The molecule has 2 heterocycles. The maximum absolute atomic E-state index is 11.5. The predicted molar refractivity (Wildman–Crippen MR) is 67.4 cm³/mol. The molecule has 2 aliphatic heterocycles. The van der Waals surface area contributed by atoms with Crippen molar-refractivity contribution >= 4 is 35.8 Å². The quantitative estimate of drug-likeness (QED) is 0.377. The maximum Gasteiger partial charge on any atom is 0.352 e. The summed E-state index contributed by atoms with van der Waals surface area (Å²) in [7, 11) is 1.37. The van der Waals surface area contributed by atoms with Crippen molar-refractivity contribution in [3.05, 3.63) is 11.3 Å². The summed E-state index contributed by atoms with van der Waals surface area (Å²) in [5.74, 6) is -2.39. The first-order valence-corrected chi connectivity index (χ1v) is 6.62. The van der Waals surface area contributed by atoms with Gasteiger partial charge in [-0.1, -0.05) is 0 Å². The summed E-state index contributed by atoms with van der Waals surface area (Å²) in [6, 6.07) is 0. The topological polar surface area (TPSA) is 113 Å². The Balaban J connectivity index is 2.39. The Morgan fingerprint density at radius 2 is 2.30 bits per heavy atom. The number of fused-ring (bicyclic) bond motifs is 1. The van der Waals surface area contributed by atoms with Crippen LogP contribution in [0, 0.1) is 0 Å². The van der Waals surface area contributed by atoms with Crippen molar-refractivity contribution in [2.45, 2.75) is 17.2 Å². The lowest BCUT2D eigenvalue weighted by Crippen LogP contribution is -2.57. The molecule has 20 heavy (non-hydrogen) atoms. The van der Waals surface area contributed by atoms with Crippen LogP contribution < -0.4 is 5.32 Å². The standard InChI is InChI=1S/C11H12N2O6S/c1-19-4-5-9(11(17)18)13-7(16)2-8(13)20-10(5)12-6(15)3-14/h3,8,10H,2,4H2,1H3,(H,12,15)(H,17,18)/t8-,10?/m1/s1. The number of hydrogen-bond acceptors (Lipinski definition) is 6. The van der Waals surface area contributed by atoms with Crippen molar-refractivity contribution in [1.82, 2.24) is 10.2 Å². The molecular formula is C11H12N2O6S. The van der Waals surface area contributed by atoms with E-state index in [1.165, 1.54) is 23.8 Å². The van der Waals surface area contributed by atoms with Crippen LogP contribution in [0.4, 0.5) is 0 Å². The van der Waals surface area contributed by atoms with Crippen molar-refractivity contribution in [1.29, 1.82) is 0 Å². The first kappa shape index (κ1) is 14.5. The first-order chi connectivity index (χ1) is 9.49. The van der Waals surface area contributed by atoms with Gasteiger partial charge in [-0.15, -0.1) is 11.8 Å². The Hall–Kier alpha value is -1.87. The minimum absolute atomic E-state index is 0.0606. The molecule has 0 aromatic heterocycles. The summed E-state index contributed by atoms with van der Waals surface area (Å²) >= 11 is 1.21. The van der Waals surface area contributed by atoms with Gasteiger partial charge in [0.15, 0.2) is 0 Å². The second-order valence-electron chi connectivity index (χ2n) is 4.18. The number of aliphatic carboxylic acids is 1. The van der Waals surface area contributed by atoms with Gasteiger partial charge in [-0.25, -0.2) is 4.79 Å². The number of thioether (sulfide) groups is 1. The summed E-state index contributed by atoms with van der Waals surface area (Å²) in [6.45, 7) is -0.0606. The van der Waals surface area contributed by atoms with E-state index in [0.29, 0.717) is 0 Å². The monoisotopic (exact) mass is 300 g/mol. The number of nitrogens with one attached hydrogen (secondary N) is 1. The second kappa shape index (κ2) is 5.63. The first-order valence-electron chi connectivity index (χ1n) is 5.68. The zero-order valence-corrected chi connectivity index (χ0v) is 11.3. The van der Waals surface area contributed by atoms with Gasteiger partial charge in [0.05, 0.1) is 18.4 Å². The number of rotatable bonds is 5. The number of ether oxygens (including phenoxy) is 1. The van der Waals surface area contributed by atoms with Gasteiger partial charge in [-0.05, 0) is 0 Å². The summed E-state index contributed by atoms with van der Waals surface area (Å²) in [4.78, 5) is 45.7. The molecule has 2 amide bonds. The number of nitrogens with zero attached hydrogens (tertiary/aromatic N) is 1. The molecular weight excluding hydrogens is 288 g/mol. The van der Waals surface area contributed by atoms with E-state index in [9.17, 15) is 24.3 Å². The van der Waals surface area contributed by atoms with Gasteiger partial charge in [0, 0.05) is 12.7 Å². The minimum atomic E-state index is -1.26. The average molecular weight is 300 g/mol. The van der Waals surface area contributed by atoms with Crippen LogP contribution in [0.5, 0.6) is 0 Å². The largest absolute Gasteiger partial charge is 0.477 e. The van der Waals surface area contributed by atoms with E-state index in [2.05, 4.69) is 5.32 Å². The highest BCUT2D eigenvalue weighted by Crippen LogP contribution is 2.43. The number of β-lactam (4-membered cyclic amide) rings is 1. The van der Waals surface area contributed by atoms with Crippen LogP contribution in [0.25, 0.3) is 0 Å². The van der Waals surface area contributed by atoms with E-state index in [0.717, 1.165) is 0 Å². The highest BCUT2D eigenvalue weighted by atomic mass is 32.2. The summed E-state index contributed by atoms with van der Waals surface area (Å²) in [5, 5.41) is 10.6. The molecule has 0 spiro atoms. The molecule has 2 atom stereocenters. The van der Waals surface area contributed by atoms with Crippen molar-refractivity contribution < 1.29 is 29.0 Å². The van der Waals surface area contributed by atoms with Gasteiger partial charge in [0.2, 0.25) is 12.2 Å². The Labute approximate surface area is 118 Å². The number of carboxylic acid groups (broad SMARTS) is 1. The fraction of sp³-hybridized carbons (Fsp3) is 0.455. The summed E-state index contributed by atoms with van der Waals surface area (Å²) in [6.07, 6.45) is 0.318. The minimum Gasteiger partial charge on any atom is -0.477 e. The predicted octanol–water partition coefficient (Wildman–Crippen LogP) is -1.08. The molecule has 0 aliphatic carbocycles. The second-order valence-corrected chi connectivity index (χ2v) is 5.46. The van der Waals surface area contributed by atoms with Crippen LogP contribution in [-0.4, -0.2) is 58.5 Å². The SMILES string of the molecule is COCC1=C(C(=O)O)N2C(=O)C[C@H]2SC1NC(=O)C=O. The molecule has 0 radical (unpaired) electrons. The zero-order chi connectivity index (χ0) is 14.9. The van der Waals surface area contributed by atoms with Crippen molar-refractivity contribution in [3.63, 3.8) is 0 Å². The lowest BCUT2D eigenvalue weighted by molar-refractivity contribution is -0.146. The fourth-order valence-corrected chi connectivity index (χ4v) is 3.53. The maximum atomic E-state index is 11.5. The highest BCUT2D eigenvalue weighted by molar-refractivity contribution is 8.00. The molecule has 108 valence electrons. The summed E-state index contributed by atoms with van der Waals surface area (Å²) in [5.41, 5.74) is 0.0764. The van der Waals surface area contributed by atoms with Crippen molar-refractivity contribution in [3.8, 4) is 0 Å². The molecule has 8 nitrogen and oxygen atoms in total. The Kier molecular flexibility index (Phi) is 4.09. The molecule has 0 aromatic carbocycles. The van der Waals surface area contributed by atoms with Crippen molar-refractivity contribution in [2.75, 3.05) is 13.7 Å². The third kappa shape index (κ3) is 2.41. The van der Waals surface area contributed by atoms with E-state index in [1.807, 2.05) is 0 Å². The van der Waals surface area contributed by atoms with Gasteiger partial charge in [-0.3, -0.25) is 19.3 Å². The van der Waals surface area contributed by atoms with Gasteiger partial charge in [-0.2, -0.15) is 0 Å². The molecule has 0 bridgehead atoms. The third-order valence-corrected chi connectivity index (χ3v) is 4.31. The van der Waals surface area contributed by atoms with Crippen LogP contribution in [0.1, 0.15) is 6.42 Å². The summed E-state index contributed by atoms with van der Waals surface area (Å²) < 4.78 is 4.94. The number of methoxy groups -OCH3 is 1. The van der Waals surface area contributed by atoms with Crippen LogP contribution in [0.15, 0.2) is 11.3 Å². The molecule has 0 saturated carbocycles. The van der Waals surface area contributed by atoms with Gasteiger partial charge in [0.25, 0.3) is 5.91 Å². The Morgan fingerprint density at radius 1 is 1.60 bits per heavy atom. The third-order valence-electron chi connectivity index (χ3n) is 2.94. The van der Waals surface area contributed by atoms with Crippen LogP contribution in [0.3, 0.4) is 0 Å². The number of amides is 2. The normalized spacial score (nSPS) is 24.9. The molecule has 1 saturated heterocycles. The Bertz CT molecular complexity index is 517. The number of carboxylic acids is 1. The molecule has 2 N–H and O–H groups in total. The van der Waals surface area contributed by atoms with Gasteiger partial charge in [0.1, 0.15) is 11.1 Å². The number of carbonyl (C=O) groups is 4. The number of aldehydes is 1. The smallest absolute Gasteiger partial charge is 0.352 e. The van der Waals surface area contributed by atoms with Gasteiger partial charge >= 0.3 is 5.97 Å². The van der Waals surface area contributed by atoms with E-state index < -0.39 is 17.3 Å². The average Bonchev–Trinajstić information content (AvgIpc) is 2.39. The molecule has 2 rings (SSSR count). The van der Waals surface area contributed by atoms with E-state index in [1.54, 1.807) is 0 Å². The van der Waals surface area contributed by atoms with Crippen LogP contribution >= 0.6 is 11.8 Å². The fourth-order valence-electron chi connectivity index (χ4n) is 2.11. The molecule has 1 unspecified atom stereocenters. The van der Waals surface area contributed by atoms with Crippen molar-refractivity contribution in [2.24, 2.45) is 0 Å². The van der Waals surface area contributed by atoms with E-state index in [-0.39, 0.29) is 41.9 Å². The highest BCUT2D eigenvalue weighted by Gasteiger charge is 2.48. The molecule has 9 heteroatoms. The molecule has 2 aliphatic rings. The van der Waals surface area contributed by atoms with Crippen LogP contribution in [-0.2, 0) is 23.9 Å². The lowest BCUT2D eigenvalue weighted by Gasteiger charge is -2.46. The lowest BCUT2D eigenvalue weighted by atomic mass is 10.1. The number of carbonyl (C=O) groups excluding carboxylic acids is 3. The van der Waals surface area contributed by atoms with E-state index >= 15 is 0 Å².